The predicted molar refractivity (Wildman–Crippen MR) is 113 cm³/mol. The molecule has 0 aliphatic carbocycles. The zero-order valence-corrected chi connectivity index (χ0v) is 18.0. The average Bonchev–Trinajstić information content (AvgIpc) is 3.19. The van der Waals surface area contributed by atoms with Gasteiger partial charge >= 0.3 is 6.09 Å². The molecule has 1 aromatic heterocycles. The summed E-state index contributed by atoms with van der Waals surface area (Å²) in [6, 6.07) is 5.66. The van der Waals surface area contributed by atoms with Gasteiger partial charge in [0, 0.05) is 36.9 Å². The summed E-state index contributed by atoms with van der Waals surface area (Å²) in [5, 5.41) is 6.64. The van der Waals surface area contributed by atoms with Crippen LogP contribution in [-0.4, -0.2) is 49.8 Å². The molecule has 2 aliphatic heterocycles. The van der Waals surface area contributed by atoms with E-state index in [-0.39, 0.29) is 29.0 Å². The Balaban J connectivity index is 0.00000225. The van der Waals surface area contributed by atoms with E-state index >= 15 is 0 Å². The monoisotopic (exact) mass is 468 g/mol. The molecule has 2 amide bonds. The van der Waals surface area contributed by atoms with Gasteiger partial charge in [-0.25, -0.2) is 9.78 Å². The number of rotatable bonds is 4. The van der Waals surface area contributed by atoms with Crippen molar-refractivity contribution >= 4 is 51.1 Å². The van der Waals surface area contributed by atoms with Crippen LogP contribution in [0.2, 0.25) is 0 Å². The van der Waals surface area contributed by atoms with Crippen molar-refractivity contribution in [1.29, 1.82) is 0 Å². The highest BCUT2D eigenvalue weighted by Gasteiger charge is 2.33. The Morgan fingerprint density at radius 3 is 3.00 bits per heavy atom. The second kappa shape index (κ2) is 8.36. The molecule has 1 atom stereocenters. The fourth-order valence-electron chi connectivity index (χ4n) is 3.18. The Morgan fingerprint density at radius 2 is 2.25 bits per heavy atom. The molecule has 1 saturated heterocycles. The van der Waals surface area contributed by atoms with Crippen molar-refractivity contribution in [2.45, 2.75) is 19.4 Å². The molecule has 8 nitrogen and oxygen atoms in total. The molecule has 1 aromatic carbocycles. The highest BCUT2D eigenvalue weighted by molar-refractivity contribution is 8.93. The van der Waals surface area contributed by atoms with Gasteiger partial charge in [0.1, 0.15) is 11.9 Å². The summed E-state index contributed by atoms with van der Waals surface area (Å²) in [5.41, 5.74) is 2.55. The zero-order valence-electron chi connectivity index (χ0n) is 15.5. The summed E-state index contributed by atoms with van der Waals surface area (Å²) in [7, 11) is 1.86. The number of amides is 2. The Labute approximate surface area is 177 Å². The molecule has 0 bridgehead atoms. The maximum atomic E-state index is 12.2. The first-order valence-corrected chi connectivity index (χ1v) is 9.54. The van der Waals surface area contributed by atoms with Gasteiger partial charge < -0.3 is 20.1 Å². The second-order valence-electron chi connectivity index (χ2n) is 6.37. The van der Waals surface area contributed by atoms with Crippen molar-refractivity contribution in [3.8, 4) is 17.0 Å². The molecule has 2 aliphatic rings. The number of benzene rings is 1. The number of ether oxygens (including phenoxy) is 2. The molecule has 2 N–H and O–H groups in total. The van der Waals surface area contributed by atoms with Crippen molar-refractivity contribution in [1.82, 2.24) is 10.3 Å². The quantitative estimate of drug-likeness (QED) is 0.716. The first kappa shape index (κ1) is 20.4. The van der Waals surface area contributed by atoms with Gasteiger partial charge in [0.2, 0.25) is 5.91 Å². The number of aromatic nitrogens is 1. The van der Waals surface area contributed by atoms with Crippen LogP contribution in [0.5, 0.6) is 5.75 Å². The number of cyclic esters (lactones) is 1. The topological polar surface area (TPSA) is 92.8 Å². The van der Waals surface area contributed by atoms with E-state index in [1.807, 2.05) is 25.2 Å². The van der Waals surface area contributed by atoms with Crippen molar-refractivity contribution in [3.05, 3.63) is 23.1 Å². The molecule has 4 rings (SSSR count). The van der Waals surface area contributed by atoms with Gasteiger partial charge in [-0.05, 0) is 12.1 Å². The normalized spacial score (nSPS) is 17.4. The molecule has 3 heterocycles. The molecule has 0 saturated carbocycles. The third-order valence-corrected chi connectivity index (χ3v) is 5.62. The smallest absolute Gasteiger partial charge is 0.414 e. The van der Waals surface area contributed by atoms with Crippen LogP contribution in [0.15, 0.2) is 18.2 Å². The minimum Gasteiger partial charge on any atom is -0.492 e. The summed E-state index contributed by atoms with van der Waals surface area (Å²) in [6.07, 6.45) is -0.00123. The summed E-state index contributed by atoms with van der Waals surface area (Å²) in [4.78, 5) is 30.7. The van der Waals surface area contributed by atoms with Crippen LogP contribution >= 0.6 is 28.3 Å². The van der Waals surface area contributed by atoms with E-state index < -0.39 is 6.09 Å². The van der Waals surface area contributed by atoms with Gasteiger partial charge in [0.25, 0.3) is 0 Å². The van der Waals surface area contributed by atoms with Gasteiger partial charge in [-0.2, -0.15) is 0 Å². The van der Waals surface area contributed by atoms with Crippen LogP contribution < -0.4 is 20.3 Å². The number of nitrogens with zero attached hydrogens (tertiary/aromatic N) is 2. The van der Waals surface area contributed by atoms with E-state index in [4.69, 9.17) is 9.47 Å². The lowest BCUT2D eigenvalue weighted by molar-refractivity contribution is -0.119. The Morgan fingerprint density at radius 1 is 1.43 bits per heavy atom. The highest BCUT2D eigenvalue weighted by atomic mass is 79.9. The predicted octanol–water partition coefficient (Wildman–Crippen LogP) is 2.83. The number of carbonyl (C=O) groups excluding carboxylic acids is 2. The third-order valence-electron chi connectivity index (χ3n) is 4.48. The highest BCUT2D eigenvalue weighted by Crippen LogP contribution is 2.41. The molecule has 28 heavy (non-hydrogen) atoms. The number of halogens is 1. The van der Waals surface area contributed by atoms with E-state index in [0.717, 1.165) is 22.8 Å². The molecule has 0 radical (unpaired) electrons. The SMILES string of the molecule is Br.CNc1nc2c(s1)CCOc1cc(N3CC(CNC(C)=O)OC3=O)ccc1-2. The minimum atomic E-state index is -0.425. The van der Waals surface area contributed by atoms with Crippen LogP contribution in [0, 0.1) is 0 Å². The molecule has 1 fully saturated rings. The van der Waals surface area contributed by atoms with Gasteiger partial charge in [0.05, 0.1) is 31.1 Å². The van der Waals surface area contributed by atoms with Gasteiger partial charge in [0.15, 0.2) is 5.13 Å². The number of hydrogen-bond donors (Lipinski definition) is 2. The van der Waals surface area contributed by atoms with Crippen molar-refractivity contribution in [3.63, 3.8) is 0 Å². The first-order chi connectivity index (χ1) is 13.0. The number of nitrogens with one attached hydrogen (secondary N) is 2. The Kier molecular flexibility index (Phi) is 6.09. The number of carbonyl (C=O) groups is 2. The second-order valence-corrected chi connectivity index (χ2v) is 7.46. The van der Waals surface area contributed by atoms with E-state index in [1.165, 1.54) is 11.8 Å². The maximum absolute atomic E-state index is 12.2. The van der Waals surface area contributed by atoms with Crippen molar-refractivity contribution in [2.75, 3.05) is 37.0 Å². The Bertz CT molecular complexity index is 904. The van der Waals surface area contributed by atoms with Gasteiger partial charge in [-0.15, -0.1) is 28.3 Å². The fourth-order valence-corrected chi connectivity index (χ4v) is 4.09. The lowest BCUT2D eigenvalue weighted by Gasteiger charge is -2.16. The molecular formula is C18H21BrN4O4S. The Hall–Kier alpha value is -2.33. The number of hydrogen-bond acceptors (Lipinski definition) is 7. The fraction of sp³-hybridized carbons (Fsp3) is 0.389. The lowest BCUT2D eigenvalue weighted by Crippen LogP contribution is -2.33. The number of fused-ring (bicyclic) bond motifs is 3. The molecule has 150 valence electrons. The van der Waals surface area contributed by atoms with E-state index in [9.17, 15) is 9.59 Å². The number of thiazole rings is 1. The summed E-state index contributed by atoms with van der Waals surface area (Å²) >= 11 is 1.63. The lowest BCUT2D eigenvalue weighted by atomic mass is 10.1. The molecule has 1 unspecified atom stereocenters. The average molecular weight is 469 g/mol. The standard InChI is InChI=1S/C18H20N4O4S.BrH/c1-10(23)20-8-12-9-22(18(24)26-12)11-3-4-13-14(7-11)25-6-5-15-16(13)21-17(19-2)27-15;/h3-4,7,12H,5-6,8-9H2,1-2H3,(H,19,21)(H,20,23);1H. The summed E-state index contributed by atoms with van der Waals surface area (Å²) < 4.78 is 11.2. The van der Waals surface area contributed by atoms with Crippen LogP contribution in [0.25, 0.3) is 11.3 Å². The summed E-state index contributed by atoms with van der Waals surface area (Å²) in [6.45, 7) is 2.67. The van der Waals surface area contributed by atoms with Crippen LogP contribution in [0.4, 0.5) is 15.6 Å². The zero-order chi connectivity index (χ0) is 19.0. The minimum absolute atomic E-state index is 0. The molecule has 10 heteroatoms. The van der Waals surface area contributed by atoms with Crippen LogP contribution in [0.3, 0.4) is 0 Å². The van der Waals surface area contributed by atoms with E-state index in [1.54, 1.807) is 16.2 Å². The molecular weight excluding hydrogens is 448 g/mol. The number of anilines is 2. The summed E-state index contributed by atoms with van der Waals surface area (Å²) in [5.74, 6) is 0.556. The van der Waals surface area contributed by atoms with Crippen molar-refractivity contribution in [2.24, 2.45) is 0 Å². The van der Waals surface area contributed by atoms with Crippen molar-refractivity contribution < 1.29 is 19.1 Å². The van der Waals surface area contributed by atoms with E-state index in [0.29, 0.717) is 31.1 Å². The van der Waals surface area contributed by atoms with Gasteiger partial charge in [-0.3, -0.25) is 9.69 Å². The largest absolute Gasteiger partial charge is 0.492 e. The van der Waals surface area contributed by atoms with Crippen LogP contribution in [-0.2, 0) is 16.0 Å². The van der Waals surface area contributed by atoms with Gasteiger partial charge in [-0.1, -0.05) is 0 Å². The first-order valence-electron chi connectivity index (χ1n) is 8.72. The third kappa shape index (κ3) is 3.93. The van der Waals surface area contributed by atoms with Crippen LogP contribution in [0.1, 0.15) is 11.8 Å². The molecule has 2 aromatic rings. The maximum Gasteiger partial charge on any atom is 0.414 e. The van der Waals surface area contributed by atoms with E-state index in [2.05, 4.69) is 15.6 Å². The molecule has 0 spiro atoms.